The Balaban J connectivity index is 2.37. The fourth-order valence-corrected chi connectivity index (χ4v) is 2.88. The third-order valence-corrected chi connectivity index (χ3v) is 3.84. The highest BCUT2D eigenvalue weighted by Crippen LogP contribution is 2.35. The highest BCUT2D eigenvalue weighted by Gasteiger charge is 2.28. The summed E-state index contributed by atoms with van der Waals surface area (Å²) in [6, 6.07) is 0. The van der Waals surface area contributed by atoms with Gasteiger partial charge in [-0.2, -0.15) is 0 Å². The van der Waals surface area contributed by atoms with Gasteiger partial charge in [0.1, 0.15) is 0 Å². The Morgan fingerprint density at radius 2 is 1.93 bits per heavy atom. The van der Waals surface area contributed by atoms with Crippen LogP contribution < -0.4 is 0 Å². The van der Waals surface area contributed by atoms with Gasteiger partial charge in [-0.05, 0) is 24.7 Å². The minimum atomic E-state index is -0.0137. The van der Waals surface area contributed by atoms with E-state index in [-0.39, 0.29) is 6.10 Å². The van der Waals surface area contributed by atoms with Crippen LogP contribution in [0.15, 0.2) is 0 Å². The van der Waals surface area contributed by atoms with Crippen LogP contribution >= 0.6 is 0 Å². The van der Waals surface area contributed by atoms with E-state index in [1.165, 1.54) is 44.9 Å². The largest absolute Gasteiger partial charge is 0.393 e. The summed E-state index contributed by atoms with van der Waals surface area (Å²) >= 11 is 0. The van der Waals surface area contributed by atoms with Crippen molar-refractivity contribution < 1.29 is 5.11 Å². The van der Waals surface area contributed by atoms with Gasteiger partial charge in [-0.3, -0.25) is 0 Å². The molecule has 0 bridgehead atoms. The van der Waals surface area contributed by atoms with Gasteiger partial charge in [-0.25, -0.2) is 0 Å². The zero-order chi connectivity index (χ0) is 10.4. The molecule has 1 aliphatic rings. The van der Waals surface area contributed by atoms with Crippen LogP contribution in [0.25, 0.3) is 0 Å². The molecule has 3 atom stereocenters. The lowest BCUT2D eigenvalue weighted by molar-refractivity contribution is 0.0386. The number of rotatable bonds is 5. The van der Waals surface area contributed by atoms with Crippen molar-refractivity contribution in [3.05, 3.63) is 0 Å². The molecule has 1 N–H and O–H groups in total. The predicted molar refractivity (Wildman–Crippen MR) is 61.3 cm³/mol. The van der Waals surface area contributed by atoms with Crippen LogP contribution in [0.2, 0.25) is 0 Å². The first kappa shape index (κ1) is 12.0. The van der Waals surface area contributed by atoms with Crippen LogP contribution in [-0.2, 0) is 0 Å². The Labute approximate surface area is 88.9 Å². The number of hydrogen-bond acceptors (Lipinski definition) is 1. The Hall–Kier alpha value is -0.0400. The van der Waals surface area contributed by atoms with E-state index in [2.05, 4.69) is 13.8 Å². The van der Waals surface area contributed by atoms with Gasteiger partial charge in [-0.15, -0.1) is 0 Å². The predicted octanol–water partition coefficient (Wildman–Crippen LogP) is 3.75. The minimum absolute atomic E-state index is 0.0137. The highest BCUT2D eigenvalue weighted by molar-refractivity contribution is 4.79. The normalized spacial score (nSPS) is 30.2. The molecular weight excluding hydrogens is 172 g/mol. The van der Waals surface area contributed by atoms with Gasteiger partial charge in [0.05, 0.1) is 6.10 Å². The molecule has 1 heteroatoms. The van der Waals surface area contributed by atoms with E-state index in [1.807, 2.05) is 0 Å². The van der Waals surface area contributed by atoms with E-state index in [9.17, 15) is 5.11 Å². The summed E-state index contributed by atoms with van der Waals surface area (Å²) in [7, 11) is 0. The number of unbranched alkanes of at least 4 members (excludes halogenated alkanes) is 1. The van der Waals surface area contributed by atoms with Gasteiger partial charge in [0.15, 0.2) is 0 Å². The molecule has 1 aliphatic carbocycles. The van der Waals surface area contributed by atoms with E-state index >= 15 is 0 Å². The van der Waals surface area contributed by atoms with Gasteiger partial charge in [0.25, 0.3) is 0 Å². The van der Waals surface area contributed by atoms with E-state index < -0.39 is 0 Å². The molecule has 0 radical (unpaired) electrons. The molecule has 1 rings (SSSR count). The second-order valence-corrected chi connectivity index (χ2v) is 4.83. The first-order chi connectivity index (χ1) is 6.79. The fraction of sp³-hybridized carbons (Fsp3) is 1.00. The number of aliphatic hydroxyl groups is 1. The van der Waals surface area contributed by atoms with Crippen LogP contribution in [0.5, 0.6) is 0 Å². The lowest BCUT2D eigenvalue weighted by atomic mass is 9.74. The maximum Gasteiger partial charge on any atom is 0.0571 e. The molecule has 1 fully saturated rings. The maximum absolute atomic E-state index is 10.1. The topological polar surface area (TPSA) is 20.2 Å². The summed E-state index contributed by atoms with van der Waals surface area (Å²) in [5.41, 5.74) is 0. The third kappa shape index (κ3) is 3.27. The van der Waals surface area contributed by atoms with Crippen molar-refractivity contribution in [1.82, 2.24) is 0 Å². The highest BCUT2D eigenvalue weighted by atomic mass is 16.3. The molecule has 0 aliphatic heterocycles. The van der Waals surface area contributed by atoms with Gasteiger partial charge >= 0.3 is 0 Å². The minimum Gasteiger partial charge on any atom is -0.393 e. The molecule has 0 heterocycles. The monoisotopic (exact) mass is 198 g/mol. The average molecular weight is 198 g/mol. The van der Waals surface area contributed by atoms with Gasteiger partial charge in [-0.1, -0.05) is 52.4 Å². The van der Waals surface area contributed by atoms with Crippen LogP contribution in [-0.4, -0.2) is 11.2 Å². The molecular formula is C13H26O. The lowest BCUT2D eigenvalue weighted by Gasteiger charge is -2.34. The van der Waals surface area contributed by atoms with Crippen LogP contribution in [0.4, 0.5) is 0 Å². The van der Waals surface area contributed by atoms with E-state index in [4.69, 9.17) is 0 Å². The molecule has 0 spiro atoms. The number of hydrogen-bond donors (Lipinski definition) is 1. The summed E-state index contributed by atoms with van der Waals surface area (Å²) in [6.45, 7) is 4.47. The fourth-order valence-electron chi connectivity index (χ4n) is 2.88. The maximum atomic E-state index is 10.1. The third-order valence-electron chi connectivity index (χ3n) is 3.84. The summed E-state index contributed by atoms with van der Waals surface area (Å²) in [5, 5.41) is 10.1. The van der Waals surface area contributed by atoms with E-state index in [0.717, 1.165) is 12.3 Å². The Morgan fingerprint density at radius 1 is 1.21 bits per heavy atom. The quantitative estimate of drug-likeness (QED) is 0.713. The van der Waals surface area contributed by atoms with Crippen LogP contribution in [0.3, 0.4) is 0 Å². The summed E-state index contributed by atoms with van der Waals surface area (Å²) in [6.07, 6.45) is 10.0. The average Bonchev–Trinajstić information content (AvgIpc) is 2.25. The van der Waals surface area contributed by atoms with Crippen molar-refractivity contribution in [1.29, 1.82) is 0 Å². The zero-order valence-corrected chi connectivity index (χ0v) is 9.84. The summed E-state index contributed by atoms with van der Waals surface area (Å²) in [4.78, 5) is 0. The first-order valence-corrected chi connectivity index (χ1v) is 6.47. The molecule has 1 nitrogen and oxygen atoms in total. The van der Waals surface area contributed by atoms with Crippen molar-refractivity contribution in [2.45, 2.75) is 71.3 Å². The van der Waals surface area contributed by atoms with Crippen molar-refractivity contribution in [3.63, 3.8) is 0 Å². The molecule has 14 heavy (non-hydrogen) atoms. The van der Waals surface area contributed by atoms with Crippen LogP contribution in [0, 0.1) is 11.8 Å². The second-order valence-electron chi connectivity index (χ2n) is 4.83. The summed E-state index contributed by atoms with van der Waals surface area (Å²) < 4.78 is 0. The Kier molecular flexibility index (Phi) is 5.54. The summed E-state index contributed by atoms with van der Waals surface area (Å²) in [5.74, 6) is 1.41. The molecule has 84 valence electrons. The molecule has 0 aromatic carbocycles. The van der Waals surface area contributed by atoms with E-state index in [1.54, 1.807) is 0 Å². The van der Waals surface area contributed by atoms with Gasteiger partial charge < -0.3 is 5.11 Å². The van der Waals surface area contributed by atoms with Crippen molar-refractivity contribution in [3.8, 4) is 0 Å². The molecule has 1 saturated carbocycles. The molecule has 0 aromatic heterocycles. The standard InChI is InChI=1S/C13H26O/c1-3-5-10-13(14)12-9-7-6-8-11(12)4-2/h11-14H,3-10H2,1-2H3. The van der Waals surface area contributed by atoms with Crippen molar-refractivity contribution in [2.24, 2.45) is 11.8 Å². The first-order valence-electron chi connectivity index (χ1n) is 6.47. The second kappa shape index (κ2) is 6.44. The SMILES string of the molecule is CCCCC(O)C1CCCCC1CC. The molecule has 0 amide bonds. The van der Waals surface area contributed by atoms with Crippen molar-refractivity contribution in [2.75, 3.05) is 0 Å². The zero-order valence-electron chi connectivity index (χ0n) is 9.84. The van der Waals surface area contributed by atoms with Gasteiger partial charge in [0.2, 0.25) is 0 Å². The molecule has 0 aromatic rings. The van der Waals surface area contributed by atoms with Gasteiger partial charge in [0, 0.05) is 0 Å². The van der Waals surface area contributed by atoms with Crippen molar-refractivity contribution >= 4 is 0 Å². The Morgan fingerprint density at radius 3 is 2.57 bits per heavy atom. The molecule has 3 unspecified atom stereocenters. The smallest absolute Gasteiger partial charge is 0.0571 e. The van der Waals surface area contributed by atoms with Crippen LogP contribution in [0.1, 0.15) is 65.2 Å². The Bertz CT molecular complexity index is 144. The van der Waals surface area contributed by atoms with E-state index in [0.29, 0.717) is 5.92 Å². The lowest BCUT2D eigenvalue weighted by Crippen LogP contribution is -2.30. The molecule has 0 saturated heterocycles. The number of aliphatic hydroxyl groups excluding tert-OH is 1.